The summed E-state index contributed by atoms with van der Waals surface area (Å²) in [5.74, 6) is -0.147. The number of piperidine rings is 2. The van der Waals surface area contributed by atoms with Gasteiger partial charge in [0.05, 0.1) is 5.92 Å². The molecule has 2 saturated heterocycles. The van der Waals surface area contributed by atoms with Crippen molar-refractivity contribution in [1.29, 1.82) is 0 Å². The number of carbonyl (C=O) groups is 3. The minimum Gasteiger partial charge on any atom is -0.355 e. The summed E-state index contributed by atoms with van der Waals surface area (Å²) in [5, 5.41) is 2.81. The summed E-state index contributed by atoms with van der Waals surface area (Å²) in [6.45, 7) is 4.49. The third-order valence-corrected chi connectivity index (χ3v) is 4.96. The van der Waals surface area contributed by atoms with Crippen molar-refractivity contribution in [2.45, 2.75) is 51.5 Å². The van der Waals surface area contributed by atoms with Crippen molar-refractivity contribution in [1.82, 2.24) is 15.1 Å². The predicted molar refractivity (Wildman–Crippen MR) is 91.0 cm³/mol. The van der Waals surface area contributed by atoms with E-state index < -0.39 is 0 Å². The molecule has 2 aliphatic rings. The second-order valence-corrected chi connectivity index (χ2v) is 6.66. The molecule has 2 rings (SSSR count). The fourth-order valence-corrected chi connectivity index (χ4v) is 3.63. The molecule has 24 heavy (non-hydrogen) atoms. The van der Waals surface area contributed by atoms with Crippen molar-refractivity contribution in [3.8, 4) is 0 Å². The predicted octanol–water partition coefficient (Wildman–Crippen LogP) is 0.0910. The van der Waals surface area contributed by atoms with Crippen LogP contribution in [0, 0.1) is 5.92 Å². The Balaban J connectivity index is 1.99. The molecule has 136 valence electrons. The monoisotopic (exact) mass is 338 g/mol. The molecule has 0 bridgehead atoms. The number of likely N-dealkylation sites (tertiary alicyclic amines) is 2. The van der Waals surface area contributed by atoms with E-state index in [1.807, 2.05) is 6.92 Å². The lowest BCUT2D eigenvalue weighted by molar-refractivity contribution is -0.149. The Morgan fingerprint density at radius 3 is 2.62 bits per heavy atom. The van der Waals surface area contributed by atoms with Crippen LogP contribution in [0.1, 0.15) is 45.4 Å². The zero-order chi connectivity index (χ0) is 17.5. The van der Waals surface area contributed by atoms with Crippen molar-refractivity contribution in [3.05, 3.63) is 0 Å². The lowest BCUT2D eigenvalue weighted by Crippen LogP contribution is -2.55. The van der Waals surface area contributed by atoms with E-state index in [9.17, 15) is 14.4 Å². The highest BCUT2D eigenvalue weighted by Crippen LogP contribution is 2.23. The Hall–Kier alpha value is -1.63. The van der Waals surface area contributed by atoms with Gasteiger partial charge in [-0.2, -0.15) is 0 Å². The van der Waals surface area contributed by atoms with E-state index in [0.717, 1.165) is 32.1 Å². The van der Waals surface area contributed by atoms with Crippen LogP contribution in [0.15, 0.2) is 0 Å². The van der Waals surface area contributed by atoms with Crippen molar-refractivity contribution in [2.75, 3.05) is 32.7 Å². The first-order valence-electron chi connectivity index (χ1n) is 9.14. The van der Waals surface area contributed by atoms with Gasteiger partial charge in [-0.1, -0.05) is 6.92 Å². The normalized spacial score (nSPS) is 24.6. The molecule has 0 radical (unpaired) electrons. The second-order valence-electron chi connectivity index (χ2n) is 6.66. The van der Waals surface area contributed by atoms with Gasteiger partial charge in [-0.25, -0.2) is 0 Å². The third-order valence-electron chi connectivity index (χ3n) is 4.96. The summed E-state index contributed by atoms with van der Waals surface area (Å²) in [6.07, 6.45) is 4.69. The Morgan fingerprint density at radius 1 is 1.12 bits per heavy atom. The van der Waals surface area contributed by atoms with E-state index in [1.54, 1.807) is 9.80 Å². The molecule has 0 aromatic heterocycles. The van der Waals surface area contributed by atoms with Crippen LogP contribution in [-0.2, 0) is 14.4 Å². The lowest BCUT2D eigenvalue weighted by atomic mass is 9.94. The van der Waals surface area contributed by atoms with Gasteiger partial charge in [0.25, 0.3) is 0 Å². The molecular formula is C17H30N4O3. The smallest absolute Gasteiger partial charge is 0.245 e. The van der Waals surface area contributed by atoms with Crippen LogP contribution in [0.3, 0.4) is 0 Å². The van der Waals surface area contributed by atoms with E-state index in [1.165, 1.54) is 0 Å². The Labute approximate surface area is 143 Å². The molecule has 3 amide bonds. The van der Waals surface area contributed by atoms with Crippen molar-refractivity contribution in [3.63, 3.8) is 0 Å². The Bertz CT molecular complexity index is 469. The van der Waals surface area contributed by atoms with E-state index in [2.05, 4.69) is 5.32 Å². The minimum absolute atomic E-state index is 0.00725. The number of nitrogens with two attached hydrogens (primary N) is 1. The molecular weight excluding hydrogens is 308 g/mol. The average molecular weight is 338 g/mol. The summed E-state index contributed by atoms with van der Waals surface area (Å²) < 4.78 is 0. The van der Waals surface area contributed by atoms with E-state index in [4.69, 9.17) is 5.73 Å². The zero-order valence-electron chi connectivity index (χ0n) is 14.6. The molecule has 2 unspecified atom stereocenters. The first-order chi connectivity index (χ1) is 11.6. The van der Waals surface area contributed by atoms with Crippen LogP contribution in [0.4, 0.5) is 0 Å². The first kappa shape index (κ1) is 18.7. The molecule has 2 heterocycles. The summed E-state index contributed by atoms with van der Waals surface area (Å²) in [7, 11) is 0. The lowest BCUT2D eigenvalue weighted by Gasteiger charge is -2.40. The molecule has 2 atom stereocenters. The van der Waals surface area contributed by atoms with Gasteiger partial charge in [0.2, 0.25) is 17.7 Å². The molecule has 2 fully saturated rings. The van der Waals surface area contributed by atoms with Gasteiger partial charge in [-0.05, 0) is 32.1 Å². The minimum atomic E-state index is -0.350. The fraction of sp³-hybridized carbons (Fsp3) is 0.824. The van der Waals surface area contributed by atoms with Crippen LogP contribution in [0.2, 0.25) is 0 Å². The maximum Gasteiger partial charge on any atom is 0.245 e. The van der Waals surface area contributed by atoms with Crippen molar-refractivity contribution < 1.29 is 14.4 Å². The highest BCUT2D eigenvalue weighted by molar-refractivity contribution is 5.88. The van der Waals surface area contributed by atoms with E-state index in [-0.39, 0.29) is 29.7 Å². The van der Waals surface area contributed by atoms with E-state index >= 15 is 0 Å². The number of amides is 3. The molecule has 0 aromatic rings. The maximum atomic E-state index is 12.9. The van der Waals surface area contributed by atoms with Gasteiger partial charge in [0, 0.05) is 39.1 Å². The molecule has 2 aliphatic heterocycles. The number of carbonyl (C=O) groups excluding carboxylic acids is 3. The summed E-state index contributed by atoms with van der Waals surface area (Å²) >= 11 is 0. The topological polar surface area (TPSA) is 95.7 Å². The van der Waals surface area contributed by atoms with Gasteiger partial charge < -0.3 is 20.9 Å². The van der Waals surface area contributed by atoms with Gasteiger partial charge in [-0.15, -0.1) is 0 Å². The molecule has 0 aromatic carbocycles. The van der Waals surface area contributed by atoms with Gasteiger partial charge in [0.1, 0.15) is 6.04 Å². The fourth-order valence-electron chi connectivity index (χ4n) is 3.63. The summed E-state index contributed by atoms with van der Waals surface area (Å²) in [6, 6.07) is -0.350. The van der Waals surface area contributed by atoms with Crippen molar-refractivity contribution >= 4 is 17.7 Å². The summed E-state index contributed by atoms with van der Waals surface area (Å²) in [4.78, 5) is 40.8. The molecule has 0 aliphatic carbocycles. The highest BCUT2D eigenvalue weighted by atomic mass is 16.2. The number of hydrogen-bond acceptors (Lipinski definition) is 4. The van der Waals surface area contributed by atoms with Crippen LogP contribution in [0.5, 0.6) is 0 Å². The highest BCUT2D eigenvalue weighted by Gasteiger charge is 2.36. The number of hydrogen-bond donors (Lipinski definition) is 2. The molecule has 7 heteroatoms. The van der Waals surface area contributed by atoms with Gasteiger partial charge >= 0.3 is 0 Å². The molecule has 0 saturated carbocycles. The summed E-state index contributed by atoms with van der Waals surface area (Å²) in [5.41, 5.74) is 5.42. The number of nitrogens with zero attached hydrogens (tertiary/aromatic N) is 2. The Kier molecular flexibility index (Phi) is 7.02. The molecule has 3 N–H and O–H groups in total. The quantitative estimate of drug-likeness (QED) is 0.743. The zero-order valence-corrected chi connectivity index (χ0v) is 14.6. The van der Waals surface area contributed by atoms with E-state index in [0.29, 0.717) is 39.1 Å². The number of nitrogens with one attached hydrogen (secondary N) is 1. The Morgan fingerprint density at radius 2 is 1.92 bits per heavy atom. The molecule has 0 spiro atoms. The van der Waals surface area contributed by atoms with Crippen molar-refractivity contribution in [2.24, 2.45) is 11.7 Å². The average Bonchev–Trinajstić information content (AvgIpc) is 2.64. The first-order valence-corrected chi connectivity index (χ1v) is 9.14. The standard InChI is InChI=1S/C17H30N4O3/c1-2-15(22)21-11-4-3-7-14(21)17(24)20-10-5-6-13(12-20)16(23)19-9-8-18/h13-14H,2-12,18H2,1H3,(H,19,23). The van der Waals surface area contributed by atoms with Crippen LogP contribution in [-0.4, -0.2) is 66.3 Å². The third kappa shape index (κ3) is 4.47. The van der Waals surface area contributed by atoms with Crippen LogP contribution < -0.4 is 11.1 Å². The second kappa shape index (κ2) is 9.01. The molecule has 7 nitrogen and oxygen atoms in total. The maximum absolute atomic E-state index is 12.9. The van der Waals surface area contributed by atoms with Crippen LogP contribution >= 0.6 is 0 Å². The largest absolute Gasteiger partial charge is 0.355 e. The van der Waals surface area contributed by atoms with Crippen LogP contribution in [0.25, 0.3) is 0 Å². The van der Waals surface area contributed by atoms with Gasteiger partial charge in [-0.3, -0.25) is 14.4 Å². The SMILES string of the molecule is CCC(=O)N1CCCCC1C(=O)N1CCCC(C(=O)NCCN)C1. The van der Waals surface area contributed by atoms with Gasteiger partial charge in [0.15, 0.2) is 0 Å². The number of rotatable bonds is 5.